The summed E-state index contributed by atoms with van der Waals surface area (Å²) in [6, 6.07) is 0. The molecule has 1 aliphatic rings. The Labute approximate surface area is 113 Å². The van der Waals surface area contributed by atoms with Gasteiger partial charge in [0.2, 0.25) is 0 Å². The van der Waals surface area contributed by atoms with E-state index >= 15 is 0 Å². The Morgan fingerprint density at radius 3 is 3.16 bits per heavy atom. The largest absolute Gasteiger partial charge is 0.368 e. The molecule has 0 radical (unpaired) electrons. The highest BCUT2D eigenvalue weighted by atomic mass is 16.1. The van der Waals surface area contributed by atoms with Crippen LogP contribution in [0.1, 0.15) is 30.3 Å². The minimum atomic E-state index is -0.550. The number of rotatable bonds is 6. The van der Waals surface area contributed by atoms with E-state index in [1.165, 1.54) is 32.1 Å². The number of primary amides is 1. The van der Waals surface area contributed by atoms with Crippen LogP contribution in [0, 0.1) is 5.92 Å². The fourth-order valence-electron chi connectivity index (χ4n) is 2.42. The highest BCUT2D eigenvalue weighted by Gasteiger charge is 2.21. The van der Waals surface area contributed by atoms with Gasteiger partial charge in [-0.25, -0.2) is 4.98 Å². The minimum absolute atomic E-state index is 0.198. The second-order valence-electron chi connectivity index (χ2n) is 4.99. The second-order valence-corrected chi connectivity index (χ2v) is 4.99. The van der Waals surface area contributed by atoms with Crippen LogP contribution in [-0.4, -0.2) is 47.0 Å². The van der Waals surface area contributed by atoms with E-state index in [2.05, 4.69) is 27.1 Å². The molecular weight excluding hydrogens is 242 g/mol. The fraction of sp³-hybridized carbons (Fsp3) is 0.615. The lowest BCUT2D eigenvalue weighted by Gasteiger charge is -2.15. The van der Waals surface area contributed by atoms with Crippen molar-refractivity contribution < 1.29 is 4.79 Å². The molecule has 6 nitrogen and oxygen atoms in total. The van der Waals surface area contributed by atoms with E-state index in [1.54, 1.807) is 6.20 Å². The number of amides is 1. The summed E-state index contributed by atoms with van der Waals surface area (Å²) in [6.45, 7) is 6.54. The van der Waals surface area contributed by atoms with E-state index in [4.69, 9.17) is 5.73 Å². The summed E-state index contributed by atoms with van der Waals surface area (Å²) in [5.41, 5.74) is 5.37. The molecule has 0 bridgehead atoms. The van der Waals surface area contributed by atoms with E-state index in [9.17, 15) is 4.79 Å². The van der Waals surface area contributed by atoms with Gasteiger partial charge in [0.05, 0.1) is 12.4 Å². The van der Waals surface area contributed by atoms with Crippen molar-refractivity contribution >= 4 is 11.7 Å². The molecule has 1 fully saturated rings. The maximum atomic E-state index is 11.0. The topological polar surface area (TPSA) is 84.1 Å². The number of nitrogens with one attached hydrogen (secondary N) is 1. The maximum absolute atomic E-state index is 11.0. The van der Waals surface area contributed by atoms with E-state index in [0.29, 0.717) is 11.7 Å². The summed E-state index contributed by atoms with van der Waals surface area (Å²) in [6.07, 6.45) is 5.40. The Hall–Kier alpha value is -1.69. The molecule has 0 aromatic carbocycles. The fourth-order valence-corrected chi connectivity index (χ4v) is 2.42. The molecule has 1 saturated heterocycles. The third-order valence-electron chi connectivity index (χ3n) is 3.37. The van der Waals surface area contributed by atoms with Gasteiger partial charge in [-0.05, 0) is 31.8 Å². The van der Waals surface area contributed by atoms with Gasteiger partial charge in [0.1, 0.15) is 11.5 Å². The number of carbonyl (C=O) groups excluding carboxylic acids is 1. The van der Waals surface area contributed by atoms with Gasteiger partial charge in [-0.2, -0.15) is 0 Å². The van der Waals surface area contributed by atoms with Gasteiger partial charge in [0.15, 0.2) is 0 Å². The lowest BCUT2D eigenvalue weighted by molar-refractivity contribution is 0.0995. The molecular formula is C13H21N5O. The van der Waals surface area contributed by atoms with E-state index in [0.717, 1.165) is 13.1 Å². The number of carbonyl (C=O) groups is 1. The van der Waals surface area contributed by atoms with Crippen LogP contribution in [0.4, 0.5) is 5.82 Å². The highest BCUT2D eigenvalue weighted by Crippen LogP contribution is 2.16. The maximum Gasteiger partial charge on any atom is 0.268 e. The minimum Gasteiger partial charge on any atom is -0.368 e. The SMILES string of the molecule is CCCN1CCC(CNc2cncc(C(N)=O)n2)C1. The number of hydrogen-bond donors (Lipinski definition) is 2. The van der Waals surface area contributed by atoms with Crippen LogP contribution in [0.3, 0.4) is 0 Å². The Morgan fingerprint density at radius 1 is 1.58 bits per heavy atom. The smallest absolute Gasteiger partial charge is 0.268 e. The number of nitrogens with zero attached hydrogens (tertiary/aromatic N) is 3. The monoisotopic (exact) mass is 263 g/mol. The molecule has 1 aliphatic heterocycles. The molecule has 1 aromatic rings. The number of aromatic nitrogens is 2. The zero-order valence-corrected chi connectivity index (χ0v) is 11.3. The summed E-state index contributed by atoms with van der Waals surface area (Å²) in [5.74, 6) is 0.696. The normalized spacial score (nSPS) is 19.5. The van der Waals surface area contributed by atoms with Crippen molar-refractivity contribution in [3.8, 4) is 0 Å². The van der Waals surface area contributed by atoms with E-state index in [-0.39, 0.29) is 5.69 Å². The number of hydrogen-bond acceptors (Lipinski definition) is 5. The average molecular weight is 263 g/mol. The van der Waals surface area contributed by atoms with Crippen molar-refractivity contribution in [2.75, 3.05) is 31.5 Å². The molecule has 2 rings (SSSR count). The first kappa shape index (κ1) is 13.7. The van der Waals surface area contributed by atoms with E-state index in [1.807, 2.05) is 0 Å². The van der Waals surface area contributed by atoms with Crippen LogP contribution in [0.2, 0.25) is 0 Å². The molecule has 0 saturated carbocycles. The number of anilines is 1. The van der Waals surface area contributed by atoms with Gasteiger partial charge in [-0.1, -0.05) is 6.92 Å². The summed E-state index contributed by atoms with van der Waals surface area (Å²) in [7, 11) is 0. The molecule has 1 amide bonds. The van der Waals surface area contributed by atoms with Gasteiger partial charge in [0, 0.05) is 13.1 Å². The van der Waals surface area contributed by atoms with Crippen LogP contribution in [0.15, 0.2) is 12.4 Å². The molecule has 1 unspecified atom stereocenters. The van der Waals surface area contributed by atoms with Crippen LogP contribution in [0.25, 0.3) is 0 Å². The molecule has 6 heteroatoms. The predicted octanol–water partition coefficient (Wildman–Crippen LogP) is 0.719. The first-order valence-electron chi connectivity index (χ1n) is 6.77. The summed E-state index contributed by atoms with van der Waals surface area (Å²) >= 11 is 0. The summed E-state index contributed by atoms with van der Waals surface area (Å²) < 4.78 is 0. The van der Waals surface area contributed by atoms with Crippen LogP contribution >= 0.6 is 0 Å². The zero-order chi connectivity index (χ0) is 13.7. The Kier molecular flexibility index (Phi) is 4.68. The van der Waals surface area contributed by atoms with Gasteiger partial charge >= 0.3 is 0 Å². The summed E-state index contributed by atoms with van der Waals surface area (Å²) in [4.78, 5) is 21.6. The molecule has 19 heavy (non-hydrogen) atoms. The lowest BCUT2D eigenvalue weighted by Crippen LogP contribution is -2.24. The Balaban J connectivity index is 1.83. The lowest BCUT2D eigenvalue weighted by atomic mass is 10.1. The molecule has 104 valence electrons. The average Bonchev–Trinajstić information content (AvgIpc) is 2.85. The van der Waals surface area contributed by atoms with Crippen LogP contribution < -0.4 is 11.1 Å². The molecule has 0 aliphatic carbocycles. The number of nitrogens with two attached hydrogens (primary N) is 1. The van der Waals surface area contributed by atoms with Crippen molar-refractivity contribution in [3.63, 3.8) is 0 Å². The zero-order valence-electron chi connectivity index (χ0n) is 11.3. The van der Waals surface area contributed by atoms with Crippen LogP contribution in [0.5, 0.6) is 0 Å². The van der Waals surface area contributed by atoms with Crippen molar-refractivity contribution in [2.45, 2.75) is 19.8 Å². The number of likely N-dealkylation sites (tertiary alicyclic amines) is 1. The molecule has 0 spiro atoms. The van der Waals surface area contributed by atoms with Crippen molar-refractivity contribution in [1.29, 1.82) is 0 Å². The third kappa shape index (κ3) is 3.89. The van der Waals surface area contributed by atoms with Crippen molar-refractivity contribution in [3.05, 3.63) is 18.1 Å². The van der Waals surface area contributed by atoms with Gasteiger partial charge < -0.3 is 16.0 Å². The van der Waals surface area contributed by atoms with Crippen molar-refractivity contribution in [2.24, 2.45) is 11.7 Å². The molecule has 1 atom stereocenters. The standard InChI is InChI=1S/C13H21N5O/c1-2-4-18-5-3-10(9-18)6-16-12-8-15-7-11(17-12)13(14)19/h7-8,10H,2-6,9H2,1H3,(H2,14,19)(H,16,17). The van der Waals surface area contributed by atoms with Gasteiger partial charge in [0.25, 0.3) is 5.91 Å². The van der Waals surface area contributed by atoms with Crippen molar-refractivity contribution in [1.82, 2.24) is 14.9 Å². The predicted molar refractivity (Wildman–Crippen MR) is 73.9 cm³/mol. The molecule has 1 aromatic heterocycles. The van der Waals surface area contributed by atoms with Gasteiger partial charge in [-0.15, -0.1) is 0 Å². The first-order valence-corrected chi connectivity index (χ1v) is 6.77. The van der Waals surface area contributed by atoms with Gasteiger partial charge in [-0.3, -0.25) is 9.78 Å². The van der Waals surface area contributed by atoms with Crippen LogP contribution in [-0.2, 0) is 0 Å². The first-order chi connectivity index (χ1) is 9.19. The second kappa shape index (κ2) is 6.47. The quantitative estimate of drug-likeness (QED) is 0.790. The Morgan fingerprint density at radius 2 is 2.42 bits per heavy atom. The highest BCUT2D eigenvalue weighted by molar-refractivity contribution is 5.90. The third-order valence-corrected chi connectivity index (χ3v) is 3.37. The van der Waals surface area contributed by atoms with E-state index < -0.39 is 5.91 Å². The molecule has 2 heterocycles. The Bertz CT molecular complexity index is 437. The summed E-state index contributed by atoms with van der Waals surface area (Å²) in [5, 5.41) is 3.24. The molecule has 3 N–H and O–H groups in total.